The summed E-state index contributed by atoms with van der Waals surface area (Å²) in [6, 6.07) is 14.4. The number of hydrogen-bond donors (Lipinski definition) is 2. The van der Waals surface area contributed by atoms with Crippen molar-refractivity contribution in [1.29, 1.82) is 0 Å². The number of aliphatic hydroxyl groups is 1. The molecule has 0 unspecified atom stereocenters. The van der Waals surface area contributed by atoms with Crippen LogP contribution in [0.4, 0.5) is 5.69 Å². The van der Waals surface area contributed by atoms with Gasteiger partial charge in [-0.2, -0.15) is 0 Å². The van der Waals surface area contributed by atoms with E-state index in [1.807, 2.05) is 30.3 Å². The molecule has 0 aromatic heterocycles. The van der Waals surface area contributed by atoms with Crippen LogP contribution in [-0.2, 0) is 9.59 Å². The molecule has 0 aliphatic carbocycles. The molecule has 0 atom stereocenters. The summed E-state index contributed by atoms with van der Waals surface area (Å²) in [5.74, 6) is 0.290. The average Bonchev–Trinajstić information content (AvgIpc) is 3.04. The van der Waals surface area contributed by atoms with Gasteiger partial charge in [0.15, 0.2) is 22.4 Å². The number of thiocarbonyl (C=S) groups is 1. The highest BCUT2D eigenvalue weighted by Crippen LogP contribution is 2.37. The number of benzene rings is 2. The van der Waals surface area contributed by atoms with E-state index in [4.69, 9.17) is 26.8 Å². The second kappa shape index (κ2) is 10.2. The molecule has 2 aromatic carbocycles. The van der Waals surface area contributed by atoms with E-state index in [0.29, 0.717) is 20.7 Å². The minimum atomic E-state index is -0.347. The molecule has 9 heteroatoms. The van der Waals surface area contributed by atoms with Crippen LogP contribution in [0.5, 0.6) is 11.5 Å². The van der Waals surface area contributed by atoms with Crippen molar-refractivity contribution >= 4 is 51.9 Å². The second-order valence-corrected chi connectivity index (χ2v) is 7.80. The Bertz CT molecular complexity index is 979. The largest absolute Gasteiger partial charge is 0.493 e. The van der Waals surface area contributed by atoms with Gasteiger partial charge in [0.1, 0.15) is 0 Å². The number of hydrogen-bond acceptors (Lipinski definition) is 7. The molecule has 1 aliphatic rings. The summed E-state index contributed by atoms with van der Waals surface area (Å²) in [5.41, 5.74) is 1.46. The average molecular weight is 445 g/mol. The van der Waals surface area contributed by atoms with Gasteiger partial charge in [-0.05, 0) is 35.9 Å². The zero-order valence-corrected chi connectivity index (χ0v) is 17.8. The first-order chi connectivity index (χ1) is 14.5. The smallest absolute Gasteiger partial charge is 0.270 e. The number of nitrogens with one attached hydrogen (secondary N) is 1. The summed E-state index contributed by atoms with van der Waals surface area (Å²) in [4.78, 5) is 26.5. The molecule has 1 saturated heterocycles. The van der Waals surface area contributed by atoms with Gasteiger partial charge in [0, 0.05) is 6.54 Å². The Morgan fingerprint density at radius 1 is 1.23 bits per heavy atom. The Morgan fingerprint density at radius 3 is 2.70 bits per heavy atom. The lowest BCUT2D eigenvalue weighted by Crippen LogP contribution is -2.31. The Morgan fingerprint density at radius 2 is 2.00 bits per heavy atom. The van der Waals surface area contributed by atoms with Crippen molar-refractivity contribution in [3.8, 4) is 11.5 Å². The predicted octanol–water partition coefficient (Wildman–Crippen LogP) is 2.59. The SMILES string of the molecule is COc1cc(/C=C2\SC(=S)N(c3ccccc3)C2=O)ccc1OCC(=O)NCCO. The van der Waals surface area contributed by atoms with Gasteiger partial charge < -0.3 is 19.9 Å². The molecule has 7 nitrogen and oxygen atoms in total. The van der Waals surface area contributed by atoms with Crippen molar-refractivity contribution < 1.29 is 24.2 Å². The molecule has 2 aromatic rings. The fraction of sp³-hybridized carbons (Fsp3) is 0.190. The zero-order chi connectivity index (χ0) is 21.5. The molecular weight excluding hydrogens is 424 g/mol. The van der Waals surface area contributed by atoms with E-state index in [-0.39, 0.29) is 31.6 Å². The van der Waals surface area contributed by atoms with Crippen LogP contribution in [0.3, 0.4) is 0 Å². The number of carbonyl (C=O) groups excluding carboxylic acids is 2. The topological polar surface area (TPSA) is 88.1 Å². The predicted molar refractivity (Wildman–Crippen MR) is 121 cm³/mol. The third kappa shape index (κ3) is 5.18. The van der Waals surface area contributed by atoms with Crippen LogP contribution in [0.25, 0.3) is 6.08 Å². The van der Waals surface area contributed by atoms with Crippen LogP contribution >= 0.6 is 24.0 Å². The highest BCUT2D eigenvalue weighted by Gasteiger charge is 2.33. The van der Waals surface area contributed by atoms with E-state index >= 15 is 0 Å². The first-order valence-corrected chi connectivity index (χ1v) is 10.3. The summed E-state index contributed by atoms with van der Waals surface area (Å²) in [6.45, 7) is -0.175. The summed E-state index contributed by atoms with van der Waals surface area (Å²) < 4.78 is 11.3. The molecule has 2 amide bonds. The van der Waals surface area contributed by atoms with Gasteiger partial charge in [0.05, 0.1) is 24.3 Å². The van der Waals surface area contributed by atoms with Gasteiger partial charge in [0.25, 0.3) is 11.8 Å². The number of para-hydroxylation sites is 1. The second-order valence-electron chi connectivity index (χ2n) is 6.13. The van der Waals surface area contributed by atoms with Crippen molar-refractivity contribution in [2.24, 2.45) is 0 Å². The van der Waals surface area contributed by atoms with Gasteiger partial charge in [-0.1, -0.05) is 48.2 Å². The van der Waals surface area contributed by atoms with Crippen LogP contribution in [0.2, 0.25) is 0 Å². The van der Waals surface area contributed by atoms with Gasteiger partial charge in [-0.25, -0.2) is 0 Å². The highest BCUT2D eigenvalue weighted by atomic mass is 32.2. The number of carbonyl (C=O) groups is 2. The Hall–Kier alpha value is -2.88. The monoisotopic (exact) mass is 444 g/mol. The number of thioether (sulfide) groups is 1. The lowest BCUT2D eigenvalue weighted by molar-refractivity contribution is -0.123. The Kier molecular flexibility index (Phi) is 7.45. The maximum Gasteiger partial charge on any atom is 0.270 e. The van der Waals surface area contributed by atoms with Crippen LogP contribution in [0, 0.1) is 0 Å². The normalized spacial score (nSPS) is 14.9. The number of aliphatic hydroxyl groups excluding tert-OH is 1. The first-order valence-electron chi connectivity index (χ1n) is 9.05. The van der Waals surface area contributed by atoms with E-state index in [0.717, 1.165) is 11.3 Å². The number of rotatable bonds is 8. The minimum absolute atomic E-state index is 0.139. The molecule has 1 heterocycles. The molecule has 30 heavy (non-hydrogen) atoms. The number of ether oxygens (including phenoxy) is 2. The zero-order valence-electron chi connectivity index (χ0n) is 16.2. The number of anilines is 1. The quantitative estimate of drug-likeness (QED) is 0.478. The summed E-state index contributed by atoms with van der Waals surface area (Å²) >= 11 is 6.61. The Balaban J connectivity index is 1.75. The van der Waals surface area contributed by atoms with Crippen molar-refractivity contribution in [3.63, 3.8) is 0 Å². The number of methoxy groups -OCH3 is 1. The molecule has 0 spiro atoms. The molecule has 0 bridgehead atoms. The molecule has 156 valence electrons. The fourth-order valence-corrected chi connectivity index (χ4v) is 4.00. The minimum Gasteiger partial charge on any atom is -0.493 e. The van der Waals surface area contributed by atoms with Crippen LogP contribution in [0.1, 0.15) is 5.56 Å². The lowest BCUT2D eigenvalue weighted by Gasteiger charge is -2.13. The molecule has 0 radical (unpaired) electrons. The van der Waals surface area contributed by atoms with Crippen molar-refractivity contribution in [3.05, 3.63) is 59.0 Å². The van der Waals surface area contributed by atoms with Gasteiger partial charge in [0.2, 0.25) is 0 Å². The molecule has 1 fully saturated rings. The van der Waals surface area contributed by atoms with Crippen molar-refractivity contribution in [2.75, 3.05) is 31.8 Å². The van der Waals surface area contributed by atoms with Gasteiger partial charge in [-0.3, -0.25) is 14.5 Å². The first kappa shape index (κ1) is 21.8. The summed E-state index contributed by atoms with van der Waals surface area (Å²) in [5, 5.41) is 11.2. The molecule has 2 N–H and O–H groups in total. The maximum atomic E-state index is 12.8. The fourth-order valence-electron chi connectivity index (χ4n) is 2.70. The van der Waals surface area contributed by atoms with E-state index < -0.39 is 0 Å². The van der Waals surface area contributed by atoms with E-state index in [1.165, 1.54) is 23.8 Å². The van der Waals surface area contributed by atoms with Crippen molar-refractivity contribution in [2.45, 2.75) is 0 Å². The molecular formula is C21H20N2O5S2. The third-order valence-corrected chi connectivity index (χ3v) is 5.39. The van der Waals surface area contributed by atoms with E-state index in [1.54, 1.807) is 24.3 Å². The van der Waals surface area contributed by atoms with Gasteiger partial charge in [-0.15, -0.1) is 0 Å². The van der Waals surface area contributed by atoms with Crippen molar-refractivity contribution in [1.82, 2.24) is 5.32 Å². The van der Waals surface area contributed by atoms with Gasteiger partial charge >= 0.3 is 0 Å². The van der Waals surface area contributed by atoms with Crippen LogP contribution in [0.15, 0.2) is 53.4 Å². The molecule has 0 saturated carbocycles. The maximum absolute atomic E-state index is 12.8. The number of amides is 2. The summed E-state index contributed by atoms with van der Waals surface area (Å²) in [6.07, 6.45) is 1.74. The summed E-state index contributed by atoms with van der Waals surface area (Å²) in [7, 11) is 1.49. The standard InChI is InChI=1S/C21H20N2O5S2/c1-27-17-11-14(7-8-16(17)28-13-19(25)22-9-10-24)12-18-20(26)23(21(29)30-18)15-5-3-2-4-6-15/h2-8,11-12,24H,9-10,13H2,1H3,(H,22,25)/b18-12-. The van der Waals surface area contributed by atoms with Crippen LogP contribution < -0.4 is 19.7 Å². The van der Waals surface area contributed by atoms with Crippen LogP contribution in [-0.4, -0.2) is 48.1 Å². The molecule has 1 aliphatic heterocycles. The highest BCUT2D eigenvalue weighted by molar-refractivity contribution is 8.27. The lowest BCUT2D eigenvalue weighted by atomic mass is 10.2. The van der Waals surface area contributed by atoms with E-state index in [2.05, 4.69) is 5.32 Å². The van der Waals surface area contributed by atoms with E-state index in [9.17, 15) is 9.59 Å². The molecule has 3 rings (SSSR count). The number of nitrogens with zero attached hydrogens (tertiary/aromatic N) is 1. The Labute approximate surface area is 183 Å². The third-order valence-electron chi connectivity index (χ3n) is 4.09.